The molecule has 1 aliphatic rings. The zero-order valence-electron chi connectivity index (χ0n) is 19.6. The van der Waals surface area contributed by atoms with Gasteiger partial charge < -0.3 is 4.74 Å². The van der Waals surface area contributed by atoms with E-state index in [0.29, 0.717) is 16.9 Å². The van der Waals surface area contributed by atoms with Crippen LogP contribution in [0.2, 0.25) is 0 Å². The Labute approximate surface area is 215 Å². The lowest BCUT2D eigenvalue weighted by Gasteiger charge is -2.11. The molecule has 1 heterocycles. The fourth-order valence-corrected chi connectivity index (χ4v) is 3.86. The number of carbonyl (C=O) groups excluding carboxylic acids is 2. The molecule has 0 bridgehead atoms. The highest BCUT2D eigenvalue weighted by Gasteiger charge is 2.34. The first-order chi connectivity index (χ1) is 18.1. The highest BCUT2D eigenvalue weighted by Crippen LogP contribution is 2.24. The molecule has 3 aromatic rings. The van der Waals surface area contributed by atoms with Crippen molar-refractivity contribution >= 4 is 50.5 Å². The Balaban J connectivity index is 1.68. The minimum absolute atomic E-state index is 0.112. The van der Waals surface area contributed by atoms with E-state index >= 15 is 0 Å². The first kappa shape index (κ1) is 26.1. The molecule has 2 N–H and O–H groups in total. The summed E-state index contributed by atoms with van der Waals surface area (Å²) in [5.41, 5.74) is 3.76. The second-order valence-corrected chi connectivity index (χ2v) is 9.13. The van der Waals surface area contributed by atoms with E-state index in [1.807, 2.05) is 0 Å². The van der Waals surface area contributed by atoms with Gasteiger partial charge in [0.25, 0.3) is 15.8 Å². The summed E-state index contributed by atoms with van der Waals surface area (Å²) in [5.74, 6) is -1.15. The molecule has 0 fully saturated rings. The van der Waals surface area contributed by atoms with Gasteiger partial charge in [-0.1, -0.05) is 0 Å². The molecule has 0 radical (unpaired) electrons. The topological polar surface area (TPSA) is 181 Å². The number of rotatable bonds is 8. The maximum Gasteiger partial charge on any atom is 0.338 e. The minimum Gasteiger partial charge on any atom is -0.462 e. The Kier molecular flexibility index (Phi) is 7.27. The molecule has 0 spiro atoms. The van der Waals surface area contributed by atoms with E-state index in [-0.39, 0.29) is 34.2 Å². The monoisotopic (exact) mass is 537 g/mol. The Morgan fingerprint density at radius 2 is 1.71 bits per heavy atom. The van der Waals surface area contributed by atoms with E-state index in [1.165, 1.54) is 60.7 Å². The predicted octanol–water partition coefficient (Wildman–Crippen LogP) is 3.24. The van der Waals surface area contributed by atoms with E-state index in [2.05, 4.69) is 15.6 Å². The molecule has 194 valence electrons. The molecule has 0 aromatic heterocycles. The number of carbonyl (C=O) groups is 2. The van der Waals surface area contributed by atoms with Crippen LogP contribution in [-0.4, -0.2) is 47.8 Å². The van der Waals surface area contributed by atoms with Crippen molar-refractivity contribution in [1.29, 1.82) is 0 Å². The van der Waals surface area contributed by atoms with E-state index < -0.39 is 26.9 Å². The lowest BCUT2D eigenvalue weighted by Crippen LogP contribution is -2.28. The van der Waals surface area contributed by atoms with Crippen molar-refractivity contribution in [1.82, 2.24) is 0 Å². The number of hydrazone groups is 2. The highest BCUT2D eigenvalue weighted by molar-refractivity contribution is 7.85. The molecule has 38 heavy (non-hydrogen) atoms. The van der Waals surface area contributed by atoms with Crippen molar-refractivity contribution in [3.05, 3.63) is 94.0 Å². The third kappa shape index (κ3) is 5.55. The first-order valence-electron chi connectivity index (χ1n) is 10.9. The highest BCUT2D eigenvalue weighted by atomic mass is 32.2. The van der Waals surface area contributed by atoms with Crippen molar-refractivity contribution < 1.29 is 32.2 Å². The summed E-state index contributed by atoms with van der Waals surface area (Å²) < 4.78 is 36.6. The summed E-state index contributed by atoms with van der Waals surface area (Å²) in [6, 6.07) is 16.3. The molecule has 1 amide bonds. The van der Waals surface area contributed by atoms with Crippen LogP contribution in [0.15, 0.2) is 87.9 Å². The molecule has 14 heteroatoms. The summed E-state index contributed by atoms with van der Waals surface area (Å²) in [6.45, 7) is 1.89. The quantitative estimate of drug-likeness (QED) is 0.189. The maximum atomic E-state index is 13.3. The van der Waals surface area contributed by atoms with Crippen molar-refractivity contribution in [3.8, 4) is 0 Å². The van der Waals surface area contributed by atoms with Gasteiger partial charge in [0, 0.05) is 17.7 Å². The SMILES string of the molecule is CCOC(=O)c1ccc(N2N=C(c3ccc([N+](=O)[O-])cc3)C(=NNc3ccc(S(=O)(=O)O)cc3)C2=O)cc1. The van der Waals surface area contributed by atoms with Gasteiger partial charge in [-0.05, 0) is 67.6 Å². The number of esters is 1. The molecule has 0 atom stereocenters. The lowest BCUT2D eigenvalue weighted by molar-refractivity contribution is -0.384. The van der Waals surface area contributed by atoms with Crippen molar-refractivity contribution in [2.75, 3.05) is 17.0 Å². The molecular formula is C24H19N5O8S. The number of nitrogens with one attached hydrogen (secondary N) is 1. The van der Waals surface area contributed by atoms with Gasteiger partial charge in [-0.2, -0.15) is 23.6 Å². The number of nitrogens with zero attached hydrogens (tertiary/aromatic N) is 4. The number of hydrogen-bond donors (Lipinski definition) is 2. The Morgan fingerprint density at radius 3 is 2.26 bits per heavy atom. The Bertz CT molecular complexity index is 1570. The van der Waals surface area contributed by atoms with E-state index in [9.17, 15) is 28.1 Å². The fraction of sp³-hybridized carbons (Fsp3) is 0.0833. The van der Waals surface area contributed by atoms with Crippen LogP contribution in [0.5, 0.6) is 0 Å². The number of nitro groups is 1. The molecular weight excluding hydrogens is 518 g/mol. The number of nitro benzene ring substituents is 1. The second kappa shape index (κ2) is 10.6. The molecule has 1 aliphatic heterocycles. The van der Waals surface area contributed by atoms with Crippen LogP contribution in [-0.2, 0) is 19.6 Å². The van der Waals surface area contributed by atoms with Crippen LogP contribution < -0.4 is 10.4 Å². The second-order valence-electron chi connectivity index (χ2n) is 7.71. The van der Waals surface area contributed by atoms with Crippen molar-refractivity contribution in [2.24, 2.45) is 10.2 Å². The zero-order chi connectivity index (χ0) is 27.4. The van der Waals surface area contributed by atoms with Crippen molar-refractivity contribution in [2.45, 2.75) is 11.8 Å². The number of ether oxygens (including phenoxy) is 1. The number of benzene rings is 3. The van der Waals surface area contributed by atoms with Gasteiger partial charge in [-0.15, -0.1) is 0 Å². The number of amides is 1. The summed E-state index contributed by atoms with van der Waals surface area (Å²) in [5, 5.41) is 20.6. The minimum atomic E-state index is -4.38. The molecule has 0 aliphatic carbocycles. The number of anilines is 2. The van der Waals surface area contributed by atoms with Gasteiger partial charge in [0.2, 0.25) is 0 Å². The average molecular weight is 538 g/mol. The van der Waals surface area contributed by atoms with Gasteiger partial charge in [0.15, 0.2) is 5.71 Å². The van der Waals surface area contributed by atoms with E-state index in [0.717, 1.165) is 17.1 Å². The maximum absolute atomic E-state index is 13.3. The molecule has 4 rings (SSSR count). The molecule has 0 saturated carbocycles. The van der Waals surface area contributed by atoms with Gasteiger partial charge in [-0.3, -0.25) is 24.9 Å². The van der Waals surface area contributed by atoms with Gasteiger partial charge in [0.05, 0.1) is 33.4 Å². The summed E-state index contributed by atoms with van der Waals surface area (Å²) in [7, 11) is -4.38. The summed E-state index contributed by atoms with van der Waals surface area (Å²) in [6.07, 6.45) is 0. The summed E-state index contributed by atoms with van der Waals surface area (Å²) in [4.78, 5) is 35.4. The zero-order valence-corrected chi connectivity index (χ0v) is 20.5. The molecule has 0 unspecified atom stereocenters. The van der Waals surface area contributed by atoms with Crippen LogP contribution >= 0.6 is 0 Å². The molecule has 3 aromatic carbocycles. The van der Waals surface area contributed by atoms with Crippen LogP contribution in [0.1, 0.15) is 22.8 Å². The Morgan fingerprint density at radius 1 is 1.08 bits per heavy atom. The third-order valence-corrected chi connectivity index (χ3v) is 6.11. The van der Waals surface area contributed by atoms with Crippen LogP contribution in [0.25, 0.3) is 0 Å². The molecule has 0 saturated heterocycles. The average Bonchev–Trinajstić information content (AvgIpc) is 3.23. The van der Waals surface area contributed by atoms with Crippen molar-refractivity contribution in [3.63, 3.8) is 0 Å². The Hall–Kier alpha value is -4.95. The first-order valence-corrected chi connectivity index (χ1v) is 12.4. The third-order valence-electron chi connectivity index (χ3n) is 5.24. The standard InChI is InChI=1S/C24H19N5O8S/c1-2-37-24(31)16-5-9-18(10-6-16)28-23(30)22(21(27-28)15-3-11-19(12-4-15)29(32)33)26-25-17-7-13-20(14-8-17)38(34,35)36/h3-14,25H,2H2,1H3,(H,34,35,36). The van der Waals surface area contributed by atoms with Crippen LogP contribution in [0.3, 0.4) is 0 Å². The van der Waals surface area contributed by atoms with E-state index in [1.54, 1.807) is 6.92 Å². The summed E-state index contributed by atoms with van der Waals surface area (Å²) >= 11 is 0. The number of hydrogen-bond acceptors (Lipinski definition) is 10. The number of non-ortho nitro benzene ring substituents is 1. The van der Waals surface area contributed by atoms with Crippen LogP contribution in [0, 0.1) is 10.1 Å². The molecule has 13 nitrogen and oxygen atoms in total. The largest absolute Gasteiger partial charge is 0.462 e. The normalized spacial score (nSPS) is 14.4. The van der Waals surface area contributed by atoms with E-state index in [4.69, 9.17) is 9.29 Å². The smallest absolute Gasteiger partial charge is 0.338 e. The van der Waals surface area contributed by atoms with Gasteiger partial charge in [0.1, 0.15) is 5.71 Å². The van der Waals surface area contributed by atoms with Crippen LogP contribution in [0.4, 0.5) is 17.1 Å². The lowest BCUT2D eigenvalue weighted by atomic mass is 10.1. The predicted molar refractivity (Wildman–Crippen MR) is 137 cm³/mol. The fourth-order valence-electron chi connectivity index (χ4n) is 3.38. The van der Waals surface area contributed by atoms with Gasteiger partial charge in [-0.25, -0.2) is 4.79 Å². The van der Waals surface area contributed by atoms with Gasteiger partial charge >= 0.3 is 11.9 Å².